The maximum Gasteiger partial charge on any atom is 0.357 e. The monoisotopic (exact) mass is 678 g/mol. The van der Waals surface area contributed by atoms with E-state index in [1.165, 1.54) is 37.5 Å². The van der Waals surface area contributed by atoms with Gasteiger partial charge in [-0.25, -0.2) is 19.6 Å². The van der Waals surface area contributed by atoms with Crippen LogP contribution in [0.3, 0.4) is 0 Å². The van der Waals surface area contributed by atoms with Gasteiger partial charge in [0.1, 0.15) is 22.2 Å². The van der Waals surface area contributed by atoms with Gasteiger partial charge >= 0.3 is 11.9 Å². The normalized spacial score (nSPS) is 13.9. The van der Waals surface area contributed by atoms with Crippen LogP contribution in [-0.2, 0) is 19.1 Å². The highest BCUT2D eigenvalue weighted by atomic mass is 32.1. The molecular weight excluding hydrogens is 630 g/mol. The molecule has 46 heavy (non-hydrogen) atoms. The molecule has 0 aliphatic carbocycles. The summed E-state index contributed by atoms with van der Waals surface area (Å²) in [5, 5.41) is 25.0. The fraction of sp³-hybridized carbons (Fsp3) is 0.667. The molecular formula is C30H48B2N4O8S2. The topological polar surface area (TPSA) is 159 Å². The number of carbonyl (C=O) groups excluding carboxylic acids is 4. The first-order valence-corrected chi connectivity index (χ1v) is 17.3. The summed E-state index contributed by atoms with van der Waals surface area (Å²) in [6.45, 7) is 15.0. The van der Waals surface area contributed by atoms with E-state index in [4.69, 9.17) is 9.47 Å². The summed E-state index contributed by atoms with van der Waals surface area (Å²) < 4.78 is 9.80. The predicted molar refractivity (Wildman–Crippen MR) is 182 cm³/mol. The first-order chi connectivity index (χ1) is 21.8. The fourth-order valence-electron chi connectivity index (χ4n) is 4.73. The maximum absolute atomic E-state index is 11.7. The molecule has 0 bridgehead atoms. The van der Waals surface area contributed by atoms with E-state index < -0.39 is 24.1 Å². The minimum atomic E-state index is -0.789. The summed E-state index contributed by atoms with van der Waals surface area (Å²) >= 11 is 2.47. The van der Waals surface area contributed by atoms with Gasteiger partial charge in [-0.1, -0.05) is 34.6 Å². The third-order valence-corrected chi connectivity index (χ3v) is 8.92. The highest BCUT2D eigenvalue weighted by Gasteiger charge is 2.28. The Labute approximate surface area is 282 Å². The summed E-state index contributed by atoms with van der Waals surface area (Å²) in [6.07, 6.45) is 1.71. The van der Waals surface area contributed by atoms with Gasteiger partial charge in [0.05, 0.1) is 25.6 Å². The van der Waals surface area contributed by atoms with Gasteiger partial charge in [-0.3, -0.25) is 0 Å². The Morgan fingerprint density at radius 3 is 1.63 bits per heavy atom. The average molecular weight is 678 g/mol. The Kier molecular flexibility index (Phi) is 20.0. The second-order valence-electron chi connectivity index (χ2n) is 11.2. The van der Waals surface area contributed by atoms with E-state index in [2.05, 4.69) is 23.8 Å². The average Bonchev–Trinajstić information content (AvgIpc) is 3.70. The Morgan fingerprint density at radius 2 is 1.26 bits per heavy atom. The predicted octanol–water partition coefficient (Wildman–Crippen LogP) is 3.80. The van der Waals surface area contributed by atoms with Crippen molar-refractivity contribution in [3.8, 4) is 0 Å². The van der Waals surface area contributed by atoms with Gasteiger partial charge < -0.3 is 38.9 Å². The highest BCUT2D eigenvalue weighted by Crippen LogP contribution is 2.28. The standard InChI is InChI=1S/C16H26BN2O4S.C14H22BN2O4S/c1-5-7-19(17-10-20)13(11(3)4)8-14(21)15-18-12(9-24-15)16(22)23-6-2;1-5-21-14(20)10-7-22-13(16-10)12(19)6-11(9(2)3)17(4)15-8-18/h9-11,13-14,21H,5-8H2,1-4H3;7-9,11-12,19H,5-6H2,1-4H3/t13-,14-;11-,12-/m00/s1. The van der Waals surface area contributed by atoms with E-state index in [1.807, 2.05) is 25.6 Å². The molecule has 2 rings (SSSR count). The molecule has 2 aromatic rings. The lowest BCUT2D eigenvalue weighted by Gasteiger charge is -2.34. The number of aliphatic hydroxyl groups is 2. The molecule has 254 valence electrons. The van der Waals surface area contributed by atoms with E-state index in [0.29, 0.717) is 22.9 Å². The number of nitrogens with zero attached hydrogens (tertiary/aromatic N) is 4. The lowest BCUT2D eigenvalue weighted by molar-refractivity contribution is 0.0509. The van der Waals surface area contributed by atoms with Crippen LogP contribution in [0.1, 0.15) is 111 Å². The Balaban J connectivity index is 0.000000462. The first-order valence-electron chi connectivity index (χ1n) is 15.5. The zero-order valence-electron chi connectivity index (χ0n) is 28.1. The molecule has 0 spiro atoms. The van der Waals surface area contributed by atoms with Crippen molar-refractivity contribution in [2.24, 2.45) is 11.8 Å². The number of hydrogen-bond acceptors (Lipinski definition) is 14. The molecule has 2 aromatic heterocycles. The van der Waals surface area contributed by atoms with Crippen LogP contribution in [0.4, 0.5) is 0 Å². The third-order valence-electron chi connectivity index (χ3n) is 7.03. The van der Waals surface area contributed by atoms with Crippen molar-refractivity contribution in [2.45, 2.75) is 92.0 Å². The summed E-state index contributed by atoms with van der Waals surface area (Å²) in [6, 6.07) is 0.00948. The van der Waals surface area contributed by atoms with Gasteiger partial charge in [-0.2, -0.15) is 0 Å². The largest absolute Gasteiger partial charge is 0.461 e. The van der Waals surface area contributed by atoms with Crippen LogP contribution >= 0.6 is 22.7 Å². The zero-order valence-corrected chi connectivity index (χ0v) is 29.8. The number of ether oxygens (including phenoxy) is 2. The Hall–Kier alpha value is -2.49. The lowest BCUT2D eigenvalue weighted by atomic mass is 9.85. The van der Waals surface area contributed by atoms with Crippen molar-refractivity contribution >= 4 is 61.8 Å². The molecule has 2 heterocycles. The zero-order chi connectivity index (χ0) is 34.8. The summed E-state index contributed by atoms with van der Waals surface area (Å²) in [5.74, 6) is -0.453. The molecule has 0 aliphatic heterocycles. The van der Waals surface area contributed by atoms with E-state index in [1.54, 1.807) is 36.5 Å². The van der Waals surface area contributed by atoms with Crippen LogP contribution in [0.5, 0.6) is 0 Å². The van der Waals surface area contributed by atoms with Crippen LogP contribution in [0.25, 0.3) is 0 Å². The highest BCUT2D eigenvalue weighted by molar-refractivity contribution is 7.10. The first kappa shape index (κ1) is 41.5. The minimum absolute atomic E-state index is 0.00450. The van der Waals surface area contributed by atoms with Crippen molar-refractivity contribution in [3.05, 3.63) is 32.2 Å². The van der Waals surface area contributed by atoms with Gasteiger partial charge in [0.25, 0.3) is 14.8 Å². The van der Waals surface area contributed by atoms with Gasteiger partial charge in [-0.15, -0.1) is 22.7 Å². The molecule has 0 unspecified atom stereocenters. The molecule has 0 fully saturated rings. The SMILES string of the molecule is CCCN([B]C=O)[C@@H](C[C@H](O)c1nc(C(=O)OCC)cs1)C(C)C.CCOC(=O)c1csc([C@@H](O)C[C@@H](C(C)C)N(C)[B]C=O)n1. The number of carbonyl (C=O) groups is 4. The molecule has 16 heteroatoms. The Morgan fingerprint density at radius 1 is 0.826 bits per heavy atom. The van der Waals surface area contributed by atoms with E-state index in [9.17, 15) is 29.4 Å². The summed E-state index contributed by atoms with van der Waals surface area (Å²) in [5.41, 5.74) is 0.441. The quantitative estimate of drug-likeness (QED) is 0.119. The van der Waals surface area contributed by atoms with Crippen molar-refractivity contribution in [1.82, 2.24) is 19.6 Å². The number of hydrogen-bond donors (Lipinski definition) is 2. The molecule has 0 saturated heterocycles. The number of rotatable bonds is 20. The molecule has 2 N–H and O–H groups in total. The second kappa shape index (κ2) is 22.1. The van der Waals surface area contributed by atoms with Gasteiger partial charge in [0.15, 0.2) is 11.4 Å². The Bertz CT molecular complexity index is 1200. The smallest absolute Gasteiger partial charge is 0.357 e. The summed E-state index contributed by atoms with van der Waals surface area (Å²) in [7, 11) is 4.79. The van der Waals surface area contributed by atoms with Crippen LogP contribution in [0, 0.1) is 11.8 Å². The van der Waals surface area contributed by atoms with Crippen LogP contribution in [0.15, 0.2) is 10.8 Å². The molecule has 0 aliphatic rings. The van der Waals surface area contributed by atoms with Gasteiger partial charge in [-0.05, 0) is 58.5 Å². The molecule has 0 amide bonds. The van der Waals surface area contributed by atoms with Crippen LogP contribution < -0.4 is 0 Å². The van der Waals surface area contributed by atoms with Crippen molar-refractivity contribution < 1.29 is 38.9 Å². The second-order valence-corrected chi connectivity index (χ2v) is 13.0. The molecule has 0 aromatic carbocycles. The molecule has 2 radical (unpaired) electrons. The fourth-order valence-corrected chi connectivity index (χ4v) is 6.30. The number of aromatic nitrogens is 2. The maximum atomic E-state index is 11.7. The van der Waals surface area contributed by atoms with E-state index in [0.717, 1.165) is 25.3 Å². The number of thiazole rings is 2. The van der Waals surface area contributed by atoms with E-state index >= 15 is 0 Å². The van der Waals surface area contributed by atoms with Crippen LogP contribution in [-0.4, -0.2) is 108 Å². The molecule has 0 saturated carbocycles. The van der Waals surface area contributed by atoms with Crippen molar-refractivity contribution in [3.63, 3.8) is 0 Å². The third kappa shape index (κ3) is 13.7. The molecule has 4 atom stereocenters. The number of aliphatic hydroxyl groups excluding tert-OH is 2. The lowest BCUT2D eigenvalue weighted by Crippen LogP contribution is -2.43. The number of esters is 2. The minimum Gasteiger partial charge on any atom is -0.461 e. The van der Waals surface area contributed by atoms with Crippen molar-refractivity contribution in [1.29, 1.82) is 0 Å². The van der Waals surface area contributed by atoms with Gasteiger partial charge in [0.2, 0.25) is 0 Å². The van der Waals surface area contributed by atoms with Crippen molar-refractivity contribution in [2.75, 3.05) is 26.8 Å². The van der Waals surface area contributed by atoms with Gasteiger partial charge in [0, 0.05) is 22.8 Å². The van der Waals surface area contributed by atoms with Crippen LogP contribution in [0.2, 0.25) is 0 Å². The summed E-state index contributed by atoms with van der Waals surface area (Å²) in [4.78, 5) is 56.9. The van der Waals surface area contributed by atoms with E-state index in [-0.39, 0.29) is 48.5 Å². The molecule has 12 nitrogen and oxygen atoms in total.